The van der Waals surface area contributed by atoms with Gasteiger partial charge in [-0.3, -0.25) is 0 Å². The zero-order valence-corrected chi connectivity index (χ0v) is 11.9. The summed E-state index contributed by atoms with van der Waals surface area (Å²) >= 11 is 0. The van der Waals surface area contributed by atoms with Crippen molar-refractivity contribution >= 4 is 5.82 Å². The van der Waals surface area contributed by atoms with Crippen molar-refractivity contribution < 1.29 is 4.74 Å². The van der Waals surface area contributed by atoms with Gasteiger partial charge in [-0.05, 0) is 31.6 Å². The molecule has 19 heavy (non-hydrogen) atoms. The Bertz CT molecular complexity index is 435. The highest BCUT2D eigenvalue weighted by Crippen LogP contribution is 2.37. The number of fused-ring (bicyclic) bond motifs is 1. The van der Waals surface area contributed by atoms with Crippen LogP contribution in [0.15, 0.2) is 6.07 Å². The highest BCUT2D eigenvalue weighted by Gasteiger charge is 2.34. The number of nitrogens with zero attached hydrogens (tertiary/aromatic N) is 3. The van der Waals surface area contributed by atoms with E-state index in [1.54, 1.807) is 7.11 Å². The van der Waals surface area contributed by atoms with E-state index in [0.717, 1.165) is 29.2 Å². The van der Waals surface area contributed by atoms with E-state index in [-0.39, 0.29) is 0 Å². The molecular formula is C15H23N3O. The summed E-state index contributed by atoms with van der Waals surface area (Å²) in [5.74, 6) is 3.66. The molecule has 0 bridgehead atoms. The van der Waals surface area contributed by atoms with Crippen LogP contribution in [0, 0.1) is 18.8 Å². The van der Waals surface area contributed by atoms with Crippen LogP contribution in [0.25, 0.3) is 0 Å². The number of aromatic nitrogens is 2. The number of ether oxygens (including phenoxy) is 1. The lowest BCUT2D eigenvalue weighted by Gasteiger charge is -2.22. The molecule has 0 amide bonds. The number of hydrogen-bond donors (Lipinski definition) is 0. The number of hydrogen-bond acceptors (Lipinski definition) is 4. The molecule has 1 aromatic rings. The molecule has 1 aliphatic heterocycles. The van der Waals surface area contributed by atoms with E-state index in [4.69, 9.17) is 4.74 Å². The molecule has 2 aliphatic rings. The number of rotatable bonds is 3. The molecule has 1 saturated heterocycles. The number of anilines is 1. The predicted octanol–water partition coefficient (Wildman–Crippen LogP) is 2.56. The van der Waals surface area contributed by atoms with Crippen LogP contribution in [0.5, 0.6) is 0 Å². The largest absolute Gasteiger partial charge is 0.377 e. The Hall–Kier alpha value is -1.16. The second kappa shape index (κ2) is 5.45. The van der Waals surface area contributed by atoms with Gasteiger partial charge in [0.2, 0.25) is 0 Å². The average Bonchev–Trinajstić information content (AvgIpc) is 2.82. The molecule has 0 N–H and O–H groups in total. The molecule has 0 radical (unpaired) electrons. The maximum Gasteiger partial charge on any atom is 0.156 e. The van der Waals surface area contributed by atoms with Gasteiger partial charge in [0.15, 0.2) is 5.82 Å². The van der Waals surface area contributed by atoms with Gasteiger partial charge < -0.3 is 9.64 Å². The minimum absolute atomic E-state index is 0.495. The topological polar surface area (TPSA) is 38.2 Å². The van der Waals surface area contributed by atoms with Crippen LogP contribution >= 0.6 is 0 Å². The van der Waals surface area contributed by atoms with E-state index >= 15 is 0 Å². The quantitative estimate of drug-likeness (QED) is 0.838. The van der Waals surface area contributed by atoms with Gasteiger partial charge in [0.1, 0.15) is 12.4 Å². The Morgan fingerprint density at radius 3 is 2.53 bits per heavy atom. The van der Waals surface area contributed by atoms with Gasteiger partial charge in [0.05, 0.1) is 0 Å². The predicted molar refractivity (Wildman–Crippen MR) is 75.1 cm³/mol. The Morgan fingerprint density at radius 1 is 1.21 bits per heavy atom. The molecule has 1 saturated carbocycles. The second-order valence-electron chi connectivity index (χ2n) is 5.93. The molecule has 0 unspecified atom stereocenters. The molecule has 1 aromatic heterocycles. The smallest absolute Gasteiger partial charge is 0.156 e. The van der Waals surface area contributed by atoms with Gasteiger partial charge in [-0.15, -0.1) is 0 Å². The van der Waals surface area contributed by atoms with Crippen LogP contribution in [0.1, 0.15) is 37.2 Å². The van der Waals surface area contributed by atoms with Crippen molar-refractivity contribution in [3.63, 3.8) is 0 Å². The molecule has 0 aromatic carbocycles. The maximum atomic E-state index is 5.15. The standard InChI is InChI=1S/C15H23N3O/c1-11-7-15(17-14(16-11)10-19-2)18-8-12-5-3-4-6-13(12)9-18/h7,12-13H,3-6,8-10H2,1-2H3/t12-,13+. The van der Waals surface area contributed by atoms with Crippen molar-refractivity contribution in [3.8, 4) is 0 Å². The third kappa shape index (κ3) is 2.73. The summed E-state index contributed by atoms with van der Waals surface area (Å²) in [4.78, 5) is 11.5. The Morgan fingerprint density at radius 2 is 1.89 bits per heavy atom. The molecule has 1 aliphatic carbocycles. The molecule has 2 atom stereocenters. The monoisotopic (exact) mass is 261 g/mol. The highest BCUT2D eigenvalue weighted by molar-refractivity contribution is 5.41. The van der Waals surface area contributed by atoms with Crippen molar-refractivity contribution in [2.45, 2.75) is 39.2 Å². The van der Waals surface area contributed by atoms with E-state index in [9.17, 15) is 0 Å². The first kappa shape index (κ1) is 12.9. The molecule has 2 fully saturated rings. The van der Waals surface area contributed by atoms with E-state index in [1.807, 2.05) is 6.92 Å². The van der Waals surface area contributed by atoms with Gasteiger partial charge in [0, 0.05) is 32.0 Å². The first-order valence-corrected chi connectivity index (χ1v) is 7.34. The lowest BCUT2D eigenvalue weighted by Crippen LogP contribution is -2.22. The molecule has 4 heteroatoms. The normalized spacial score (nSPS) is 26.5. The lowest BCUT2D eigenvalue weighted by molar-refractivity contribution is 0.177. The summed E-state index contributed by atoms with van der Waals surface area (Å²) in [6.07, 6.45) is 5.62. The maximum absolute atomic E-state index is 5.15. The van der Waals surface area contributed by atoms with E-state index < -0.39 is 0 Å². The fraction of sp³-hybridized carbons (Fsp3) is 0.733. The summed E-state index contributed by atoms with van der Waals surface area (Å²) < 4.78 is 5.15. The average molecular weight is 261 g/mol. The zero-order chi connectivity index (χ0) is 13.2. The highest BCUT2D eigenvalue weighted by atomic mass is 16.5. The minimum atomic E-state index is 0.495. The van der Waals surface area contributed by atoms with Crippen LogP contribution in [-0.4, -0.2) is 30.2 Å². The van der Waals surface area contributed by atoms with Crippen molar-refractivity contribution in [2.75, 3.05) is 25.1 Å². The van der Waals surface area contributed by atoms with Crippen LogP contribution in [0.3, 0.4) is 0 Å². The summed E-state index contributed by atoms with van der Waals surface area (Å²) in [5.41, 5.74) is 1.03. The van der Waals surface area contributed by atoms with Crippen LogP contribution < -0.4 is 4.90 Å². The molecule has 2 heterocycles. The molecule has 104 valence electrons. The zero-order valence-electron chi connectivity index (χ0n) is 11.9. The third-order valence-corrected chi connectivity index (χ3v) is 4.46. The first-order chi connectivity index (χ1) is 9.26. The van der Waals surface area contributed by atoms with Crippen LogP contribution in [0.4, 0.5) is 5.82 Å². The van der Waals surface area contributed by atoms with Gasteiger partial charge in [-0.1, -0.05) is 12.8 Å². The van der Waals surface area contributed by atoms with E-state index in [2.05, 4.69) is 20.9 Å². The Labute approximate surface area is 115 Å². The number of aryl methyl sites for hydroxylation is 1. The van der Waals surface area contributed by atoms with Gasteiger partial charge in [-0.2, -0.15) is 0 Å². The third-order valence-electron chi connectivity index (χ3n) is 4.46. The molecule has 3 rings (SSSR count). The number of methoxy groups -OCH3 is 1. The SMILES string of the molecule is COCc1nc(C)cc(N2C[C@H]3CCCC[C@H]3C2)n1. The minimum Gasteiger partial charge on any atom is -0.377 e. The van der Waals surface area contributed by atoms with Crippen molar-refractivity contribution in [2.24, 2.45) is 11.8 Å². The Balaban J connectivity index is 1.78. The Kier molecular flexibility index (Phi) is 3.69. The summed E-state index contributed by atoms with van der Waals surface area (Å²) in [7, 11) is 1.69. The molecular weight excluding hydrogens is 238 g/mol. The summed E-state index contributed by atoms with van der Waals surface area (Å²) in [5, 5.41) is 0. The van der Waals surface area contributed by atoms with E-state index in [0.29, 0.717) is 6.61 Å². The fourth-order valence-corrected chi connectivity index (χ4v) is 3.56. The van der Waals surface area contributed by atoms with Crippen LogP contribution in [-0.2, 0) is 11.3 Å². The lowest BCUT2D eigenvalue weighted by atomic mass is 9.82. The van der Waals surface area contributed by atoms with Crippen molar-refractivity contribution in [3.05, 3.63) is 17.6 Å². The van der Waals surface area contributed by atoms with E-state index in [1.165, 1.54) is 38.8 Å². The van der Waals surface area contributed by atoms with Gasteiger partial charge in [-0.25, -0.2) is 9.97 Å². The molecule has 0 spiro atoms. The van der Waals surface area contributed by atoms with Crippen molar-refractivity contribution in [1.82, 2.24) is 9.97 Å². The molecule has 4 nitrogen and oxygen atoms in total. The first-order valence-electron chi connectivity index (χ1n) is 7.34. The summed E-state index contributed by atoms with van der Waals surface area (Å²) in [6, 6.07) is 2.11. The van der Waals surface area contributed by atoms with Gasteiger partial charge in [0.25, 0.3) is 0 Å². The van der Waals surface area contributed by atoms with Crippen molar-refractivity contribution in [1.29, 1.82) is 0 Å². The van der Waals surface area contributed by atoms with Gasteiger partial charge >= 0.3 is 0 Å². The second-order valence-corrected chi connectivity index (χ2v) is 5.93. The fourth-order valence-electron chi connectivity index (χ4n) is 3.56. The summed E-state index contributed by atoms with van der Waals surface area (Å²) in [6.45, 7) is 4.88. The van der Waals surface area contributed by atoms with Crippen LogP contribution in [0.2, 0.25) is 0 Å².